The predicted octanol–water partition coefficient (Wildman–Crippen LogP) is 4.41. The number of hydrogen-bond acceptors (Lipinski definition) is 10. The van der Waals surface area contributed by atoms with Gasteiger partial charge in [0.05, 0.1) is 24.2 Å². The van der Waals surface area contributed by atoms with Crippen molar-refractivity contribution in [1.82, 2.24) is 5.16 Å². The summed E-state index contributed by atoms with van der Waals surface area (Å²) in [5.74, 6) is 6.93. The molecule has 5 unspecified atom stereocenters. The van der Waals surface area contributed by atoms with Crippen molar-refractivity contribution in [1.29, 1.82) is 0 Å². The number of ether oxygens (including phenoxy) is 3. The SMILES string of the molecule is CC#CCC(C)C(O)/C=C/C1CCC2Oc3c(CCCC(=O)OCCCOc4no[n+](OC)c4S(=O)(=O)c4ccccc4)cccc3C12. The first kappa shape index (κ1) is 35.0. The van der Waals surface area contributed by atoms with Crippen LogP contribution in [-0.4, -0.2) is 57.2 Å². The molecule has 1 aliphatic heterocycles. The first-order chi connectivity index (χ1) is 23.2. The summed E-state index contributed by atoms with van der Waals surface area (Å²) in [4.78, 5) is 18.1. The molecular formula is C36H43N2O9S+. The number of allylic oxidation sites excluding steroid dienone is 1. The summed E-state index contributed by atoms with van der Waals surface area (Å²) in [6.07, 6.45) is 8.17. The molecule has 1 N–H and O–H groups in total. The highest BCUT2D eigenvalue weighted by Gasteiger charge is 2.44. The molecule has 1 saturated carbocycles. The maximum atomic E-state index is 13.1. The molecule has 2 heterocycles. The molecule has 48 heavy (non-hydrogen) atoms. The Morgan fingerprint density at radius 3 is 2.73 bits per heavy atom. The minimum Gasteiger partial charge on any atom is -0.489 e. The van der Waals surface area contributed by atoms with E-state index >= 15 is 0 Å². The number of benzene rings is 2. The molecule has 256 valence electrons. The number of para-hydroxylation sites is 1. The van der Waals surface area contributed by atoms with E-state index in [0.29, 0.717) is 36.5 Å². The number of rotatable bonds is 16. The molecule has 0 saturated heterocycles. The van der Waals surface area contributed by atoms with Gasteiger partial charge in [-0.1, -0.05) is 55.5 Å². The second kappa shape index (κ2) is 16.2. The summed E-state index contributed by atoms with van der Waals surface area (Å²) in [5.41, 5.74) is 2.29. The lowest BCUT2D eigenvalue weighted by Crippen LogP contribution is -2.43. The van der Waals surface area contributed by atoms with Crippen LogP contribution in [0.1, 0.15) is 69.4 Å². The van der Waals surface area contributed by atoms with Gasteiger partial charge < -0.3 is 24.2 Å². The van der Waals surface area contributed by atoms with Gasteiger partial charge in [0.25, 0.3) is 9.84 Å². The van der Waals surface area contributed by atoms with Crippen molar-refractivity contribution in [2.45, 2.75) is 86.8 Å². The number of hydrogen-bond donors (Lipinski definition) is 1. The number of aliphatic hydroxyl groups is 1. The Labute approximate surface area is 281 Å². The third-order valence-corrected chi connectivity index (χ3v) is 10.5. The fourth-order valence-corrected chi connectivity index (χ4v) is 7.59. The summed E-state index contributed by atoms with van der Waals surface area (Å²) in [5, 5.41) is 13.9. The van der Waals surface area contributed by atoms with Gasteiger partial charge in [0, 0.05) is 30.7 Å². The molecular weight excluding hydrogens is 636 g/mol. The smallest absolute Gasteiger partial charge is 0.445 e. The molecule has 1 fully saturated rings. The highest BCUT2D eigenvalue weighted by molar-refractivity contribution is 7.91. The maximum absolute atomic E-state index is 13.1. The average molecular weight is 680 g/mol. The van der Waals surface area contributed by atoms with Crippen LogP contribution in [0.15, 0.2) is 75.2 Å². The average Bonchev–Trinajstić information content (AvgIpc) is 3.81. The van der Waals surface area contributed by atoms with E-state index in [-0.39, 0.29) is 59.3 Å². The zero-order valence-corrected chi connectivity index (χ0v) is 28.4. The Hall–Kier alpha value is -4.34. The van der Waals surface area contributed by atoms with Crippen molar-refractivity contribution in [3.63, 3.8) is 0 Å². The molecule has 11 nitrogen and oxygen atoms in total. The quantitative estimate of drug-likeness (QED) is 0.100. The first-order valence-corrected chi connectivity index (χ1v) is 17.8. The van der Waals surface area contributed by atoms with E-state index in [1.165, 1.54) is 24.8 Å². The van der Waals surface area contributed by atoms with Crippen LogP contribution in [0.4, 0.5) is 0 Å². The van der Waals surface area contributed by atoms with Crippen LogP contribution in [0.25, 0.3) is 0 Å². The minimum absolute atomic E-state index is 0.0318. The number of sulfone groups is 1. The van der Waals surface area contributed by atoms with Gasteiger partial charge in [-0.2, -0.15) is 0 Å². The van der Waals surface area contributed by atoms with Gasteiger partial charge in [-0.25, -0.2) is 8.42 Å². The summed E-state index contributed by atoms with van der Waals surface area (Å²) in [6, 6.07) is 14.0. The maximum Gasteiger partial charge on any atom is 0.445 e. The summed E-state index contributed by atoms with van der Waals surface area (Å²) in [7, 11) is -2.79. The third-order valence-electron chi connectivity index (χ3n) is 8.78. The standard InChI is InChI=1S/C36H43N2O9S/c1-4-5-12-25(2)30(39)21-19-26-20-22-31-33(26)29-17-9-13-27(34(29)46-31)14-10-18-32(40)44-23-11-24-45-35-36(38(43-3)47-37-35)48(41,42)28-15-7-6-8-16-28/h6-9,13,15-17,19,21,25-26,30-31,33,39H,10-12,14,18,20,22-24H2,1-3H3/q+1/b21-19+. The van der Waals surface area contributed by atoms with Crippen LogP contribution in [0.5, 0.6) is 11.6 Å². The number of fused-ring (bicyclic) bond motifs is 3. The van der Waals surface area contributed by atoms with Crippen molar-refractivity contribution in [3.05, 3.63) is 71.8 Å². The second-order valence-corrected chi connectivity index (χ2v) is 13.9. The van der Waals surface area contributed by atoms with Crippen molar-refractivity contribution < 1.29 is 46.9 Å². The van der Waals surface area contributed by atoms with E-state index in [4.69, 9.17) is 23.7 Å². The largest absolute Gasteiger partial charge is 0.489 e. The number of carbonyl (C=O) groups is 1. The Bertz CT molecular complexity index is 1740. The molecule has 2 aromatic carbocycles. The van der Waals surface area contributed by atoms with Crippen LogP contribution in [0.3, 0.4) is 0 Å². The van der Waals surface area contributed by atoms with Crippen molar-refractivity contribution in [2.24, 2.45) is 11.8 Å². The number of aromatic nitrogens is 2. The zero-order chi connectivity index (χ0) is 34.1. The molecule has 5 rings (SSSR count). The van der Waals surface area contributed by atoms with E-state index in [2.05, 4.69) is 41.3 Å². The second-order valence-electron chi connectivity index (χ2n) is 12.1. The highest BCUT2D eigenvalue weighted by atomic mass is 32.2. The summed E-state index contributed by atoms with van der Waals surface area (Å²) in [6.45, 7) is 3.96. The van der Waals surface area contributed by atoms with Crippen LogP contribution in [0.2, 0.25) is 0 Å². The van der Waals surface area contributed by atoms with E-state index in [9.17, 15) is 18.3 Å². The molecule has 5 atom stereocenters. The van der Waals surface area contributed by atoms with Gasteiger partial charge >= 0.3 is 16.9 Å². The van der Waals surface area contributed by atoms with Gasteiger partial charge in [0.1, 0.15) is 19.0 Å². The van der Waals surface area contributed by atoms with Crippen LogP contribution in [-0.2, 0) is 25.8 Å². The van der Waals surface area contributed by atoms with Crippen molar-refractivity contribution >= 4 is 15.8 Å². The fraction of sp³-hybridized carbons (Fsp3) is 0.472. The Morgan fingerprint density at radius 2 is 1.96 bits per heavy atom. The lowest BCUT2D eigenvalue weighted by atomic mass is 9.86. The van der Waals surface area contributed by atoms with E-state index in [1.807, 2.05) is 19.9 Å². The van der Waals surface area contributed by atoms with Gasteiger partial charge in [-0.3, -0.25) is 4.79 Å². The fourth-order valence-electron chi connectivity index (χ4n) is 6.23. The lowest BCUT2D eigenvalue weighted by Gasteiger charge is -2.17. The van der Waals surface area contributed by atoms with E-state index in [1.54, 1.807) is 18.2 Å². The molecule has 0 amide bonds. The minimum atomic E-state index is -4.03. The Balaban J connectivity index is 1.07. The number of aryl methyl sites for hydroxylation is 1. The molecule has 0 bridgehead atoms. The van der Waals surface area contributed by atoms with E-state index < -0.39 is 15.9 Å². The number of esters is 1. The van der Waals surface area contributed by atoms with Gasteiger partial charge in [-0.15, -0.1) is 11.8 Å². The molecule has 2 aliphatic rings. The monoisotopic (exact) mass is 679 g/mol. The molecule has 3 aromatic rings. The Kier molecular flexibility index (Phi) is 11.8. The molecule has 0 spiro atoms. The lowest BCUT2D eigenvalue weighted by molar-refractivity contribution is -1.04. The van der Waals surface area contributed by atoms with Crippen molar-refractivity contribution in [3.8, 4) is 23.5 Å². The Morgan fingerprint density at radius 1 is 1.15 bits per heavy atom. The predicted molar refractivity (Wildman–Crippen MR) is 174 cm³/mol. The normalized spacial score (nSPS) is 19.5. The topological polar surface area (TPSA) is 138 Å². The highest BCUT2D eigenvalue weighted by Crippen LogP contribution is 2.52. The molecule has 1 aromatic heterocycles. The molecule has 0 radical (unpaired) electrons. The van der Waals surface area contributed by atoms with Crippen LogP contribution < -0.4 is 19.2 Å². The number of nitrogens with zero attached hydrogens (tertiary/aromatic N) is 2. The van der Waals surface area contributed by atoms with E-state index in [0.717, 1.165) is 24.2 Å². The molecule has 1 aliphatic carbocycles. The molecule has 12 heteroatoms. The van der Waals surface area contributed by atoms with Gasteiger partial charge in [-0.05, 0) is 66.8 Å². The number of carbonyl (C=O) groups excluding carboxylic acids is 1. The van der Waals surface area contributed by atoms with Gasteiger partial charge in [0.15, 0.2) is 4.90 Å². The summed E-state index contributed by atoms with van der Waals surface area (Å²) < 4.78 is 48.6. The summed E-state index contributed by atoms with van der Waals surface area (Å²) >= 11 is 0. The van der Waals surface area contributed by atoms with Gasteiger partial charge in [0.2, 0.25) is 5.16 Å². The van der Waals surface area contributed by atoms with Crippen LogP contribution >= 0.6 is 0 Å². The number of aliphatic hydroxyl groups excluding tert-OH is 1. The first-order valence-electron chi connectivity index (χ1n) is 16.3. The van der Waals surface area contributed by atoms with Crippen molar-refractivity contribution in [2.75, 3.05) is 20.3 Å². The zero-order valence-electron chi connectivity index (χ0n) is 27.5. The third kappa shape index (κ3) is 8.02. The van der Waals surface area contributed by atoms with Crippen LogP contribution in [0, 0.1) is 23.7 Å².